The fourth-order valence-electron chi connectivity index (χ4n) is 1.32. The molecule has 0 aliphatic heterocycles. The van der Waals surface area contributed by atoms with Gasteiger partial charge in [-0.2, -0.15) is 0 Å². The molecule has 0 fully saturated rings. The van der Waals surface area contributed by atoms with Gasteiger partial charge >= 0.3 is 0 Å². The smallest absolute Gasteiger partial charge is 0.171 e. The van der Waals surface area contributed by atoms with E-state index in [0.717, 1.165) is 0 Å². The first-order valence-electron chi connectivity index (χ1n) is 6.32. The summed E-state index contributed by atoms with van der Waals surface area (Å²) in [5, 5.41) is 0. The Morgan fingerprint density at radius 2 is 1.68 bits per heavy atom. The second-order valence-corrected chi connectivity index (χ2v) is 13.0. The van der Waals surface area contributed by atoms with Crippen LogP contribution in [-0.2, 0) is 11.0 Å². The van der Waals surface area contributed by atoms with Gasteiger partial charge in [0.05, 0.1) is 6.61 Å². The van der Waals surface area contributed by atoms with Crippen LogP contribution in [0.25, 0.3) is 0 Å². The van der Waals surface area contributed by atoms with Gasteiger partial charge in [0, 0.05) is 11.1 Å². The minimum Gasteiger partial charge on any atom is -0.416 e. The van der Waals surface area contributed by atoms with Crippen LogP contribution in [0.3, 0.4) is 0 Å². The fourth-order valence-corrected chi connectivity index (χ4v) is 2.34. The summed E-state index contributed by atoms with van der Waals surface area (Å²) in [6, 6.07) is 2.58. The van der Waals surface area contributed by atoms with Gasteiger partial charge in [-0.3, -0.25) is 0 Å². The van der Waals surface area contributed by atoms with E-state index in [0.29, 0.717) is 5.56 Å². The Morgan fingerprint density at radius 1 is 1.16 bits per heavy atom. The van der Waals surface area contributed by atoms with Crippen LogP contribution in [0.5, 0.6) is 0 Å². The van der Waals surface area contributed by atoms with Crippen molar-refractivity contribution in [1.29, 1.82) is 0 Å². The number of hydrogen-bond acceptors (Lipinski definition) is 1. The average Bonchev–Trinajstić information content (AvgIpc) is 2.23. The molecule has 0 radical (unpaired) electrons. The summed E-state index contributed by atoms with van der Waals surface area (Å²) >= 11 is 0. The molecule has 0 bridgehead atoms. The molecule has 0 spiro atoms. The molecule has 0 N–H and O–H groups in total. The van der Waals surface area contributed by atoms with E-state index in [-0.39, 0.29) is 12.2 Å². The first kappa shape index (κ1) is 16.1. The summed E-state index contributed by atoms with van der Waals surface area (Å²) in [6.07, 6.45) is 0. The summed E-state index contributed by atoms with van der Waals surface area (Å²) in [4.78, 5) is 0. The molecule has 1 aromatic carbocycles. The van der Waals surface area contributed by atoms with E-state index in [1.165, 1.54) is 12.1 Å². The monoisotopic (exact) mass is 298 g/mol. The van der Waals surface area contributed by atoms with Crippen molar-refractivity contribution >= 4 is 17.1 Å². The Kier molecular flexibility index (Phi) is 5.47. The van der Waals surface area contributed by atoms with Gasteiger partial charge in [0.25, 0.3) is 0 Å². The van der Waals surface area contributed by atoms with E-state index in [1.807, 2.05) is 13.1 Å². The van der Waals surface area contributed by atoms with Gasteiger partial charge in [-0.05, 0) is 25.2 Å². The van der Waals surface area contributed by atoms with Crippen LogP contribution in [0.15, 0.2) is 12.1 Å². The minimum absolute atomic E-state index is 0.000228. The minimum atomic E-state index is -1.54. The Bertz CT molecular complexity index is 487. The second kappa shape index (κ2) is 6.46. The molecule has 1 nitrogen and oxygen atoms in total. The quantitative estimate of drug-likeness (QED) is 0.611. The van der Waals surface area contributed by atoms with E-state index >= 15 is 0 Å². The average molecular weight is 298 g/mol. The molecule has 0 aromatic heterocycles. The lowest BCUT2D eigenvalue weighted by molar-refractivity contribution is 0.299. The maximum atomic E-state index is 13.8. The van der Waals surface area contributed by atoms with Crippen LogP contribution in [-0.4, -0.2) is 17.1 Å². The van der Waals surface area contributed by atoms with Crippen molar-refractivity contribution in [3.8, 4) is 11.5 Å². The highest BCUT2D eigenvalue weighted by Gasteiger charge is 2.12. The third-order valence-electron chi connectivity index (χ3n) is 2.28. The third-order valence-corrected chi connectivity index (χ3v) is 3.99. The zero-order chi connectivity index (χ0) is 14.6. The zero-order valence-electron chi connectivity index (χ0n) is 12.1. The van der Waals surface area contributed by atoms with Crippen LogP contribution in [0.1, 0.15) is 11.1 Å². The van der Waals surface area contributed by atoms with Crippen LogP contribution in [0.4, 0.5) is 8.78 Å². The van der Waals surface area contributed by atoms with Gasteiger partial charge in [0.1, 0.15) is 19.7 Å². The Morgan fingerprint density at radius 3 is 2.11 bits per heavy atom. The fraction of sp³-hybridized carbons (Fsp3) is 0.429. The molecule has 5 heteroatoms. The molecule has 0 atom stereocenters. The van der Waals surface area contributed by atoms with Gasteiger partial charge in [-0.1, -0.05) is 25.6 Å². The third kappa shape index (κ3) is 5.68. The van der Waals surface area contributed by atoms with Crippen LogP contribution < -0.4 is 0 Å². The number of rotatable bonds is 3. The van der Waals surface area contributed by atoms with Gasteiger partial charge in [-0.15, -0.1) is 5.54 Å². The summed E-state index contributed by atoms with van der Waals surface area (Å²) in [5.74, 6) is 1.71. The van der Waals surface area contributed by atoms with Crippen molar-refractivity contribution in [3.05, 3.63) is 34.9 Å². The van der Waals surface area contributed by atoms with E-state index < -0.39 is 28.7 Å². The first-order valence-corrected chi connectivity index (χ1v) is 12.6. The van der Waals surface area contributed by atoms with Crippen molar-refractivity contribution in [2.45, 2.75) is 39.3 Å². The largest absolute Gasteiger partial charge is 0.416 e. The molecule has 19 heavy (non-hydrogen) atoms. The highest BCUT2D eigenvalue weighted by molar-refractivity contribution is 6.83. The maximum absolute atomic E-state index is 13.8. The summed E-state index contributed by atoms with van der Waals surface area (Å²) in [7, 11) is -2.83. The predicted octanol–water partition coefficient (Wildman–Crippen LogP) is 3.69. The maximum Gasteiger partial charge on any atom is 0.171 e. The Labute approximate surface area is 116 Å². The molecule has 0 aliphatic rings. The predicted molar refractivity (Wildman–Crippen MR) is 80.2 cm³/mol. The normalized spacial score (nSPS) is 11.4. The molecular weight excluding hydrogens is 278 g/mol. The van der Waals surface area contributed by atoms with Crippen molar-refractivity contribution in [3.63, 3.8) is 0 Å². The van der Waals surface area contributed by atoms with E-state index in [1.54, 1.807) is 0 Å². The molecule has 0 saturated heterocycles. The summed E-state index contributed by atoms with van der Waals surface area (Å²) < 4.78 is 33.0. The summed E-state index contributed by atoms with van der Waals surface area (Å²) in [6.45, 7) is 10.2. The van der Waals surface area contributed by atoms with E-state index in [4.69, 9.17) is 4.43 Å². The Balaban J connectivity index is 2.99. The SMILES string of the molecule is C[SiH](C)OCc1c(F)cc(C#C[Si](C)(C)C)cc1F. The van der Waals surface area contributed by atoms with Crippen LogP contribution >= 0.6 is 0 Å². The topological polar surface area (TPSA) is 9.23 Å². The van der Waals surface area contributed by atoms with Crippen molar-refractivity contribution in [1.82, 2.24) is 0 Å². The lowest BCUT2D eigenvalue weighted by atomic mass is 10.1. The lowest BCUT2D eigenvalue weighted by Gasteiger charge is -2.09. The summed E-state index contributed by atoms with van der Waals surface area (Å²) in [5.41, 5.74) is 3.48. The standard InChI is InChI=1S/C14H20F2OSi2/c1-18(2)17-10-12-13(15)8-11(9-14(12)16)6-7-19(3,4)5/h8-9,18H,10H2,1-5H3. The number of hydrogen-bond donors (Lipinski definition) is 0. The highest BCUT2D eigenvalue weighted by Crippen LogP contribution is 2.16. The van der Waals surface area contributed by atoms with Crippen LogP contribution in [0, 0.1) is 23.1 Å². The van der Waals surface area contributed by atoms with E-state index in [9.17, 15) is 8.78 Å². The number of benzene rings is 1. The van der Waals surface area contributed by atoms with Crippen molar-refractivity contribution in [2.24, 2.45) is 0 Å². The van der Waals surface area contributed by atoms with Gasteiger partial charge in [-0.25, -0.2) is 8.78 Å². The lowest BCUT2D eigenvalue weighted by Crippen LogP contribution is -2.16. The molecule has 0 heterocycles. The number of halogens is 2. The molecule has 0 aliphatic carbocycles. The molecule has 0 unspecified atom stereocenters. The molecule has 1 aromatic rings. The molecule has 104 valence electrons. The van der Waals surface area contributed by atoms with Gasteiger partial charge in [0.15, 0.2) is 9.04 Å². The van der Waals surface area contributed by atoms with Gasteiger partial charge < -0.3 is 4.43 Å². The molecule has 0 amide bonds. The second-order valence-electron chi connectivity index (χ2n) is 5.78. The van der Waals surface area contributed by atoms with Gasteiger partial charge in [0.2, 0.25) is 0 Å². The van der Waals surface area contributed by atoms with Crippen molar-refractivity contribution < 1.29 is 13.2 Å². The van der Waals surface area contributed by atoms with Crippen LogP contribution in [0.2, 0.25) is 32.7 Å². The Hall–Kier alpha value is -0.966. The highest BCUT2D eigenvalue weighted by atomic mass is 28.3. The molecule has 0 saturated carbocycles. The molecule has 1 rings (SSSR count). The van der Waals surface area contributed by atoms with E-state index in [2.05, 4.69) is 31.1 Å². The molecular formula is C14H20F2OSi2. The first-order chi connectivity index (χ1) is 8.69. The van der Waals surface area contributed by atoms with Crippen molar-refractivity contribution in [2.75, 3.05) is 0 Å². The zero-order valence-corrected chi connectivity index (χ0v) is 14.3.